The summed E-state index contributed by atoms with van der Waals surface area (Å²) in [6, 6.07) is 8.55. The van der Waals surface area contributed by atoms with Gasteiger partial charge in [0.25, 0.3) is 0 Å². The summed E-state index contributed by atoms with van der Waals surface area (Å²) in [6.45, 7) is 3.82. The second kappa shape index (κ2) is 8.51. The number of benzene rings is 1. The third kappa shape index (κ3) is 4.97. The van der Waals surface area contributed by atoms with Crippen LogP contribution in [-0.2, 0) is 11.3 Å². The first-order valence-corrected chi connectivity index (χ1v) is 7.71. The Morgan fingerprint density at radius 2 is 1.95 bits per heavy atom. The van der Waals surface area contributed by atoms with Crippen LogP contribution in [0, 0.1) is 12.8 Å². The monoisotopic (exact) mass is 325 g/mol. The van der Waals surface area contributed by atoms with Gasteiger partial charge in [-0.15, -0.1) is 12.4 Å². The van der Waals surface area contributed by atoms with Crippen LogP contribution in [-0.4, -0.2) is 48.9 Å². The van der Waals surface area contributed by atoms with Crippen molar-refractivity contribution in [3.63, 3.8) is 0 Å². The lowest BCUT2D eigenvalue weighted by Crippen LogP contribution is -2.45. The first kappa shape index (κ1) is 18.9. The maximum Gasteiger partial charge on any atom is 0.236 e. The van der Waals surface area contributed by atoms with Gasteiger partial charge in [0.1, 0.15) is 0 Å². The topological polar surface area (TPSA) is 49.6 Å². The van der Waals surface area contributed by atoms with E-state index in [9.17, 15) is 4.79 Å². The van der Waals surface area contributed by atoms with Gasteiger partial charge in [-0.1, -0.05) is 24.3 Å². The second-order valence-electron chi connectivity index (χ2n) is 6.23. The largest absolute Gasteiger partial charge is 0.340 e. The van der Waals surface area contributed by atoms with Gasteiger partial charge >= 0.3 is 0 Å². The van der Waals surface area contributed by atoms with Crippen molar-refractivity contribution in [2.24, 2.45) is 11.7 Å². The minimum absolute atomic E-state index is 0. The highest BCUT2D eigenvalue weighted by atomic mass is 35.5. The van der Waals surface area contributed by atoms with Crippen LogP contribution in [0.1, 0.15) is 24.0 Å². The van der Waals surface area contributed by atoms with Crippen molar-refractivity contribution in [1.29, 1.82) is 0 Å². The summed E-state index contributed by atoms with van der Waals surface area (Å²) in [5.41, 5.74) is 8.27. The summed E-state index contributed by atoms with van der Waals surface area (Å²) in [5, 5.41) is 0. The quantitative estimate of drug-likeness (QED) is 0.834. The number of carbonyl (C=O) groups is 1. The van der Waals surface area contributed by atoms with E-state index < -0.39 is 0 Å². The molecule has 1 aliphatic rings. The van der Waals surface area contributed by atoms with E-state index in [-0.39, 0.29) is 18.3 Å². The lowest BCUT2D eigenvalue weighted by molar-refractivity contribution is -0.131. The fraction of sp³-hybridized carbons (Fsp3) is 0.588. The average Bonchev–Trinajstić information content (AvgIpc) is 3.26. The van der Waals surface area contributed by atoms with Crippen LogP contribution in [0.5, 0.6) is 0 Å². The van der Waals surface area contributed by atoms with Gasteiger partial charge in [-0.05, 0) is 43.9 Å². The number of nitrogens with zero attached hydrogens (tertiary/aromatic N) is 2. The van der Waals surface area contributed by atoms with Crippen LogP contribution in [0.15, 0.2) is 24.3 Å². The Balaban J connectivity index is 0.00000242. The third-order valence-corrected chi connectivity index (χ3v) is 4.45. The van der Waals surface area contributed by atoms with E-state index in [1.165, 1.54) is 24.0 Å². The number of hydrogen-bond acceptors (Lipinski definition) is 3. The Hall–Kier alpha value is -1.10. The van der Waals surface area contributed by atoms with Crippen molar-refractivity contribution in [3.8, 4) is 0 Å². The van der Waals surface area contributed by atoms with Gasteiger partial charge in [-0.2, -0.15) is 0 Å². The summed E-state index contributed by atoms with van der Waals surface area (Å²) in [6.07, 6.45) is 2.50. The molecule has 4 nitrogen and oxygen atoms in total. The van der Waals surface area contributed by atoms with Crippen molar-refractivity contribution in [3.05, 3.63) is 35.4 Å². The first-order chi connectivity index (χ1) is 10.0. The molecule has 1 amide bonds. The van der Waals surface area contributed by atoms with Gasteiger partial charge < -0.3 is 10.6 Å². The zero-order valence-corrected chi connectivity index (χ0v) is 14.6. The molecular formula is C17H28ClN3O. The molecule has 1 aliphatic carbocycles. The zero-order valence-electron chi connectivity index (χ0n) is 13.8. The first-order valence-electron chi connectivity index (χ1n) is 7.71. The summed E-state index contributed by atoms with van der Waals surface area (Å²) in [5.74, 6) is 0.842. The van der Waals surface area contributed by atoms with E-state index in [2.05, 4.69) is 24.0 Å². The number of amides is 1. The predicted octanol–water partition coefficient (Wildman–Crippen LogP) is 2.04. The molecule has 2 rings (SSSR count). The van der Waals surface area contributed by atoms with Crippen molar-refractivity contribution < 1.29 is 4.79 Å². The predicted molar refractivity (Wildman–Crippen MR) is 93.1 cm³/mol. The van der Waals surface area contributed by atoms with E-state index >= 15 is 0 Å². The second-order valence-corrected chi connectivity index (χ2v) is 6.23. The number of rotatable bonds is 7. The minimum atomic E-state index is 0. The minimum Gasteiger partial charge on any atom is -0.340 e. The normalized spacial score (nSPS) is 15.3. The van der Waals surface area contributed by atoms with E-state index in [1.54, 1.807) is 4.90 Å². The number of nitrogens with two attached hydrogens (primary N) is 1. The summed E-state index contributed by atoms with van der Waals surface area (Å²) in [7, 11) is 3.88. The van der Waals surface area contributed by atoms with Crippen LogP contribution in [0.2, 0.25) is 0 Å². The third-order valence-electron chi connectivity index (χ3n) is 4.45. The van der Waals surface area contributed by atoms with E-state index in [0.717, 1.165) is 0 Å². The maximum absolute atomic E-state index is 12.4. The molecule has 0 aromatic heterocycles. The maximum atomic E-state index is 12.4. The molecule has 0 spiro atoms. The summed E-state index contributed by atoms with van der Waals surface area (Å²) >= 11 is 0. The van der Waals surface area contributed by atoms with Gasteiger partial charge in [0, 0.05) is 26.2 Å². The Morgan fingerprint density at radius 3 is 2.50 bits per heavy atom. The van der Waals surface area contributed by atoms with Crippen LogP contribution in [0.4, 0.5) is 0 Å². The van der Waals surface area contributed by atoms with Crippen molar-refractivity contribution in [2.45, 2.75) is 32.4 Å². The molecule has 1 fully saturated rings. The van der Waals surface area contributed by atoms with Gasteiger partial charge in [0.05, 0.1) is 6.54 Å². The number of hydrogen-bond donors (Lipinski definition) is 1. The highest BCUT2D eigenvalue weighted by Gasteiger charge is 2.33. The molecule has 1 unspecified atom stereocenters. The van der Waals surface area contributed by atoms with Crippen molar-refractivity contribution >= 4 is 18.3 Å². The number of likely N-dealkylation sites (N-methyl/N-ethyl adjacent to an activating group) is 2. The molecule has 1 atom stereocenters. The molecule has 0 radical (unpaired) electrons. The van der Waals surface area contributed by atoms with E-state index in [4.69, 9.17) is 5.73 Å². The lowest BCUT2D eigenvalue weighted by Gasteiger charge is -2.28. The molecule has 2 N–H and O–H groups in total. The van der Waals surface area contributed by atoms with Crippen LogP contribution in [0.25, 0.3) is 0 Å². The molecule has 0 aliphatic heterocycles. The SMILES string of the molecule is Cc1ccccc1CN(C)C(=O)CN(C)C(CN)C1CC1.Cl. The molecule has 1 saturated carbocycles. The van der Waals surface area contributed by atoms with Gasteiger partial charge in [0.2, 0.25) is 5.91 Å². The average molecular weight is 326 g/mol. The van der Waals surface area contributed by atoms with Crippen LogP contribution < -0.4 is 5.73 Å². The van der Waals surface area contributed by atoms with Crippen LogP contribution in [0.3, 0.4) is 0 Å². The Labute approximate surface area is 140 Å². The molecule has 5 heteroatoms. The van der Waals surface area contributed by atoms with Gasteiger partial charge in [0.15, 0.2) is 0 Å². The Kier molecular flexibility index (Phi) is 7.33. The fourth-order valence-electron chi connectivity index (χ4n) is 2.80. The zero-order chi connectivity index (χ0) is 15.4. The Bertz CT molecular complexity index is 491. The molecule has 1 aromatic rings. The Morgan fingerprint density at radius 1 is 1.32 bits per heavy atom. The summed E-state index contributed by atoms with van der Waals surface area (Å²) in [4.78, 5) is 16.3. The molecule has 0 bridgehead atoms. The number of carbonyl (C=O) groups excluding carboxylic acids is 1. The molecule has 0 heterocycles. The van der Waals surface area contributed by atoms with E-state index in [0.29, 0.717) is 31.6 Å². The molecule has 124 valence electrons. The lowest BCUT2D eigenvalue weighted by atomic mass is 10.1. The fourth-order valence-corrected chi connectivity index (χ4v) is 2.80. The molecule has 0 saturated heterocycles. The van der Waals surface area contributed by atoms with Gasteiger partial charge in [-0.3, -0.25) is 9.69 Å². The standard InChI is InChI=1S/C17H27N3O.ClH/c1-13-6-4-5-7-15(13)11-20(3)17(21)12-19(2)16(10-18)14-8-9-14;/h4-7,14,16H,8-12,18H2,1-3H3;1H. The van der Waals surface area contributed by atoms with Crippen molar-refractivity contribution in [2.75, 3.05) is 27.2 Å². The highest BCUT2D eigenvalue weighted by molar-refractivity contribution is 5.85. The van der Waals surface area contributed by atoms with Crippen molar-refractivity contribution in [1.82, 2.24) is 9.80 Å². The molecule has 22 heavy (non-hydrogen) atoms. The highest BCUT2D eigenvalue weighted by Crippen LogP contribution is 2.34. The molecular weight excluding hydrogens is 298 g/mol. The molecule has 1 aromatic carbocycles. The number of halogens is 1. The summed E-state index contributed by atoms with van der Waals surface area (Å²) < 4.78 is 0. The smallest absolute Gasteiger partial charge is 0.236 e. The van der Waals surface area contributed by atoms with Gasteiger partial charge in [-0.25, -0.2) is 0 Å². The van der Waals surface area contributed by atoms with E-state index in [1.807, 2.05) is 26.2 Å². The number of aryl methyl sites for hydroxylation is 1. The van der Waals surface area contributed by atoms with Crippen LogP contribution >= 0.6 is 12.4 Å².